The lowest BCUT2D eigenvalue weighted by molar-refractivity contribution is -0.133. The molecule has 0 fully saturated rings. The number of halogens is 1. The minimum atomic E-state index is -0.715. The van der Waals surface area contributed by atoms with Gasteiger partial charge in [-0.2, -0.15) is 0 Å². The number of hydrogen-bond acceptors (Lipinski definition) is 2. The van der Waals surface area contributed by atoms with E-state index < -0.39 is 11.8 Å². The summed E-state index contributed by atoms with van der Waals surface area (Å²) in [5.41, 5.74) is 2.19. The number of benzene rings is 3. The zero-order valence-electron chi connectivity index (χ0n) is 13.0. The van der Waals surface area contributed by atoms with Gasteiger partial charge in [0, 0.05) is 10.2 Å². The number of carbonyl (C=O) groups excluding carboxylic acids is 2. The largest absolute Gasteiger partial charge is 0.318 e. The zero-order valence-corrected chi connectivity index (χ0v) is 14.6. The molecule has 0 unspecified atom stereocenters. The first-order valence-corrected chi connectivity index (χ1v) is 8.19. The van der Waals surface area contributed by atoms with Crippen LogP contribution in [0, 0.1) is 6.92 Å². The van der Waals surface area contributed by atoms with Gasteiger partial charge in [0.2, 0.25) is 0 Å². The fourth-order valence-electron chi connectivity index (χ4n) is 2.36. The highest BCUT2D eigenvalue weighted by Gasteiger charge is 2.15. The molecule has 0 aliphatic rings. The van der Waals surface area contributed by atoms with Gasteiger partial charge in [-0.25, -0.2) is 0 Å². The first-order valence-electron chi connectivity index (χ1n) is 7.40. The van der Waals surface area contributed by atoms with E-state index >= 15 is 0 Å². The van der Waals surface area contributed by atoms with Crippen LogP contribution in [0.25, 0.3) is 10.8 Å². The molecule has 3 aromatic carbocycles. The fraction of sp³-hybridized carbons (Fsp3) is 0.0526. The molecule has 5 heteroatoms. The summed E-state index contributed by atoms with van der Waals surface area (Å²) in [7, 11) is 0. The lowest BCUT2D eigenvalue weighted by atomic mass is 10.1. The van der Waals surface area contributed by atoms with Gasteiger partial charge < -0.3 is 10.6 Å². The molecule has 120 valence electrons. The average molecular weight is 383 g/mol. The van der Waals surface area contributed by atoms with Crippen LogP contribution in [-0.4, -0.2) is 11.8 Å². The Bertz CT molecular complexity index is 938. The molecule has 0 saturated carbocycles. The molecule has 0 saturated heterocycles. The number of hydrogen-bond donors (Lipinski definition) is 2. The molecule has 0 radical (unpaired) electrons. The van der Waals surface area contributed by atoms with Crippen LogP contribution in [-0.2, 0) is 9.59 Å². The molecule has 4 nitrogen and oxygen atoms in total. The van der Waals surface area contributed by atoms with Gasteiger partial charge >= 0.3 is 11.8 Å². The molecular weight excluding hydrogens is 368 g/mol. The summed E-state index contributed by atoms with van der Waals surface area (Å²) in [5.74, 6) is -1.43. The van der Waals surface area contributed by atoms with Crippen molar-refractivity contribution in [2.75, 3.05) is 10.6 Å². The summed E-state index contributed by atoms with van der Waals surface area (Å²) in [6, 6.07) is 18.8. The van der Waals surface area contributed by atoms with Crippen molar-refractivity contribution in [3.63, 3.8) is 0 Å². The number of anilines is 2. The number of carbonyl (C=O) groups is 2. The Hall–Kier alpha value is -2.66. The third-order valence-corrected chi connectivity index (χ3v) is 4.24. The van der Waals surface area contributed by atoms with Crippen molar-refractivity contribution in [3.05, 3.63) is 70.7 Å². The second-order valence-electron chi connectivity index (χ2n) is 5.45. The molecule has 0 heterocycles. The molecule has 0 spiro atoms. The van der Waals surface area contributed by atoms with Crippen LogP contribution in [0.4, 0.5) is 11.4 Å². The van der Waals surface area contributed by atoms with Crippen LogP contribution in [0.1, 0.15) is 5.56 Å². The quantitative estimate of drug-likeness (QED) is 0.641. The molecular formula is C19H15BrN2O2. The molecule has 0 atom stereocenters. The maximum atomic E-state index is 12.1. The van der Waals surface area contributed by atoms with Crippen LogP contribution in [0.5, 0.6) is 0 Å². The van der Waals surface area contributed by atoms with Crippen LogP contribution >= 0.6 is 15.9 Å². The highest BCUT2D eigenvalue weighted by molar-refractivity contribution is 9.10. The van der Waals surface area contributed by atoms with E-state index in [1.54, 1.807) is 12.1 Å². The maximum Gasteiger partial charge on any atom is 0.314 e. The molecule has 0 aromatic heterocycles. The zero-order chi connectivity index (χ0) is 17.1. The van der Waals surface area contributed by atoms with E-state index in [9.17, 15) is 9.59 Å². The van der Waals surface area contributed by atoms with E-state index in [2.05, 4.69) is 26.6 Å². The summed E-state index contributed by atoms with van der Waals surface area (Å²) >= 11 is 3.37. The molecule has 0 aliphatic carbocycles. The van der Waals surface area contributed by atoms with Crippen molar-refractivity contribution in [2.45, 2.75) is 6.92 Å². The monoisotopic (exact) mass is 382 g/mol. The van der Waals surface area contributed by atoms with E-state index in [4.69, 9.17) is 0 Å². The average Bonchev–Trinajstić information content (AvgIpc) is 2.57. The second kappa shape index (κ2) is 6.84. The highest BCUT2D eigenvalue weighted by atomic mass is 79.9. The van der Waals surface area contributed by atoms with Crippen LogP contribution in [0.2, 0.25) is 0 Å². The minimum absolute atomic E-state index is 0.555. The van der Waals surface area contributed by atoms with Crippen molar-refractivity contribution in [2.24, 2.45) is 0 Å². The first kappa shape index (κ1) is 16.2. The summed E-state index contributed by atoms with van der Waals surface area (Å²) in [6.45, 7) is 1.95. The number of fused-ring (bicyclic) bond motifs is 1. The highest BCUT2D eigenvalue weighted by Crippen LogP contribution is 2.23. The van der Waals surface area contributed by atoms with Crippen LogP contribution < -0.4 is 10.6 Å². The van der Waals surface area contributed by atoms with E-state index in [1.165, 1.54) is 0 Å². The van der Waals surface area contributed by atoms with E-state index in [0.29, 0.717) is 11.4 Å². The number of rotatable bonds is 2. The Morgan fingerprint density at radius 2 is 1.54 bits per heavy atom. The molecule has 24 heavy (non-hydrogen) atoms. The van der Waals surface area contributed by atoms with Gasteiger partial charge in [-0.05, 0) is 63.5 Å². The number of nitrogens with one attached hydrogen (secondary N) is 2. The van der Waals surface area contributed by atoms with Gasteiger partial charge in [-0.15, -0.1) is 0 Å². The third-order valence-electron chi connectivity index (χ3n) is 3.59. The Morgan fingerprint density at radius 3 is 2.29 bits per heavy atom. The van der Waals surface area contributed by atoms with Crippen molar-refractivity contribution in [1.29, 1.82) is 0 Å². The van der Waals surface area contributed by atoms with Crippen molar-refractivity contribution >= 4 is 49.9 Å². The van der Waals surface area contributed by atoms with Gasteiger partial charge in [-0.3, -0.25) is 9.59 Å². The van der Waals surface area contributed by atoms with E-state index in [0.717, 1.165) is 20.8 Å². The summed E-state index contributed by atoms with van der Waals surface area (Å²) in [4.78, 5) is 24.2. The van der Waals surface area contributed by atoms with Gasteiger partial charge in [0.1, 0.15) is 0 Å². The number of aryl methyl sites for hydroxylation is 1. The molecule has 2 amide bonds. The Morgan fingerprint density at radius 1 is 0.833 bits per heavy atom. The molecule has 3 rings (SSSR count). The summed E-state index contributed by atoms with van der Waals surface area (Å²) in [6.07, 6.45) is 0. The normalized spacial score (nSPS) is 10.4. The van der Waals surface area contributed by atoms with Crippen molar-refractivity contribution in [3.8, 4) is 0 Å². The van der Waals surface area contributed by atoms with E-state index in [1.807, 2.05) is 55.5 Å². The van der Waals surface area contributed by atoms with Gasteiger partial charge in [0.25, 0.3) is 0 Å². The molecule has 2 N–H and O–H groups in total. The predicted octanol–water partition coefficient (Wildman–Crippen LogP) is 4.49. The van der Waals surface area contributed by atoms with Gasteiger partial charge in [0.05, 0.1) is 5.69 Å². The number of amides is 2. The molecule has 0 bridgehead atoms. The Kier molecular flexibility index (Phi) is 4.62. The standard InChI is InChI=1S/C19H15BrN2O2/c1-12-6-9-17(16(20)10-12)22-19(24)18(23)21-15-8-7-13-4-2-3-5-14(13)11-15/h2-11H,1H3,(H,21,23)(H,22,24). The third kappa shape index (κ3) is 3.63. The Labute approximate surface area is 148 Å². The van der Waals surface area contributed by atoms with Crippen LogP contribution in [0.15, 0.2) is 65.1 Å². The minimum Gasteiger partial charge on any atom is -0.318 e. The SMILES string of the molecule is Cc1ccc(NC(=O)C(=O)Nc2ccc3ccccc3c2)c(Br)c1. The predicted molar refractivity (Wildman–Crippen MR) is 100 cm³/mol. The van der Waals surface area contributed by atoms with Crippen LogP contribution in [0.3, 0.4) is 0 Å². The first-order chi connectivity index (χ1) is 11.5. The fourth-order valence-corrected chi connectivity index (χ4v) is 2.95. The second-order valence-corrected chi connectivity index (χ2v) is 6.31. The van der Waals surface area contributed by atoms with Crippen molar-refractivity contribution in [1.82, 2.24) is 0 Å². The molecule has 3 aromatic rings. The van der Waals surface area contributed by atoms with Gasteiger partial charge in [0.15, 0.2) is 0 Å². The topological polar surface area (TPSA) is 58.2 Å². The summed E-state index contributed by atoms with van der Waals surface area (Å²) < 4.78 is 0.731. The van der Waals surface area contributed by atoms with E-state index in [-0.39, 0.29) is 0 Å². The van der Waals surface area contributed by atoms with Crippen molar-refractivity contribution < 1.29 is 9.59 Å². The molecule has 0 aliphatic heterocycles. The Balaban J connectivity index is 1.72. The maximum absolute atomic E-state index is 12.1. The van der Waals surface area contributed by atoms with Gasteiger partial charge in [-0.1, -0.05) is 36.4 Å². The smallest absolute Gasteiger partial charge is 0.314 e. The lowest BCUT2D eigenvalue weighted by Gasteiger charge is -2.09. The summed E-state index contributed by atoms with van der Waals surface area (Å²) in [5, 5.41) is 7.29. The lowest BCUT2D eigenvalue weighted by Crippen LogP contribution is -2.29.